The topological polar surface area (TPSA) is 66.9 Å². The van der Waals surface area contributed by atoms with E-state index in [-0.39, 0.29) is 17.5 Å². The summed E-state index contributed by atoms with van der Waals surface area (Å²) in [6.07, 6.45) is 5.28. The Bertz CT molecular complexity index is 375. The fourth-order valence-electron chi connectivity index (χ4n) is 1.31. The molecule has 1 aliphatic rings. The first-order chi connectivity index (χ1) is 6.77. The molecular weight excluding hydrogens is 182 g/mol. The molecule has 0 atom stereocenters. The number of aromatic nitrogens is 2. The lowest BCUT2D eigenvalue weighted by molar-refractivity contribution is -0.122. The third-order valence-corrected chi connectivity index (χ3v) is 2.32. The summed E-state index contributed by atoms with van der Waals surface area (Å²) in [5, 5.41) is 2.80. The predicted octanol–water partition coefficient (Wildman–Crippen LogP) is -0.297. The highest BCUT2D eigenvalue weighted by molar-refractivity contribution is 5.80. The minimum absolute atomic E-state index is 0.119. The largest absolute Gasteiger partial charge is 0.354 e. The quantitative estimate of drug-likeness (QED) is 0.692. The number of carbonyl (C=O) groups excluding carboxylic acids is 1. The summed E-state index contributed by atoms with van der Waals surface area (Å²) < 4.78 is 1.53. The molecule has 5 nitrogen and oxygen atoms in total. The van der Waals surface area contributed by atoms with E-state index in [1.807, 2.05) is 0 Å². The summed E-state index contributed by atoms with van der Waals surface area (Å²) in [6.45, 7) is 1.05. The van der Waals surface area contributed by atoms with Crippen molar-refractivity contribution in [1.29, 1.82) is 0 Å². The number of hydrogen-bond donors (Lipinski definition) is 2. The molecule has 2 N–H and O–H groups in total. The fraction of sp³-hybridized carbons (Fsp3) is 0.556. The Morgan fingerprint density at radius 3 is 3.00 bits per heavy atom. The first-order valence-electron chi connectivity index (χ1n) is 4.79. The number of nitrogens with zero attached hydrogens (tertiary/aromatic N) is 1. The number of H-pyrrole nitrogens is 1. The van der Waals surface area contributed by atoms with Gasteiger partial charge in [0.05, 0.1) is 0 Å². The number of amides is 1. The second-order valence-electron chi connectivity index (χ2n) is 3.52. The Morgan fingerprint density at radius 1 is 1.64 bits per heavy atom. The van der Waals surface area contributed by atoms with Crippen molar-refractivity contribution >= 4 is 5.91 Å². The Kier molecular flexibility index (Phi) is 2.39. The molecule has 5 heteroatoms. The molecule has 0 aliphatic heterocycles. The first-order valence-corrected chi connectivity index (χ1v) is 4.79. The molecule has 1 aromatic heterocycles. The molecule has 1 saturated carbocycles. The number of rotatable bonds is 4. The molecule has 2 rings (SSSR count). The smallest absolute Gasteiger partial charge is 0.325 e. The van der Waals surface area contributed by atoms with Crippen LogP contribution in [-0.4, -0.2) is 22.0 Å². The molecular formula is C9H13N3O2. The van der Waals surface area contributed by atoms with Gasteiger partial charge in [0, 0.05) is 31.4 Å². The molecule has 1 heterocycles. The predicted molar refractivity (Wildman–Crippen MR) is 50.8 cm³/mol. The van der Waals surface area contributed by atoms with E-state index in [9.17, 15) is 9.59 Å². The maximum absolute atomic E-state index is 11.2. The summed E-state index contributed by atoms with van der Waals surface area (Å²) in [4.78, 5) is 24.8. The maximum Gasteiger partial charge on any atom is 0.325 e. The van der Waals surface area contributed by atoms with Gasteiger partial charge in [0.2, 0.25) is 5.91 Å². The van der Waals surface area contributed by atoms with Gasteiger partial charge in [-0.15, -0.1) is 0 Å². The highest BCUT2D eigenvalue weighted by Crippen LogP contribution is 2.28. The summed E-state index contributed by atoms with van der Waals surface area (Å²) in [7, 11) is 0. The van der Waals surface area contributed by atoms with Crippen molar-refractivity contribution in [3.63, 3.8) is 0 Å². The molecule has 1 aliphatic carbocycles. The molecule has 0 unspecified atom stereocenters. The lowest BCUT2D eigenvalue weighted by atomic mass is 10.4. The zero-order chi connectivity index (χ0) is 9.97. The van der Waals surface area contributed by atoms with Crippen molar-refractivity contribution in [2.75, 3.05) is 6.54 Å². The van der Waals surface area contributed by atoms with Gasteiger partial charge in [-0.2, -0.15) is 0 Å². The van der Waals surface area contributed by atoms with Crippen molar-refractivity contribution in [1.82, 2.24) is 14.9 Å². The van der Waals surface area contributed by atoms with Gasteiger partial charge >= 0.3 is 5.69 Å². The minimum atomic E-state index is -0.134. The second kappa shape index (κ2) is 3.69. The molecule has 0 saturated heterocycles. The second-order valence-corrected chi connectivity index (χ2v) is 3.52. The molecule has 1 fully saturated rings. The molecule has 76 valence electrons. The van der Waals surface area contributed by atoms with Crippen LogP contribution in [0.3, 0.4) is 0 Å². The molecule has 1 aromatic rings. The van der Waals surface area contributed by atoms with E-state index in [0.717, 1.165) is 12.8 Å². The molecule has 0 aromatic carbocycles. The Hall–Kier alpha value is -1.52. The van der Waals surface area contributed by atoms with Gasteiger partial charge in [0.1, 0.15) is 0 Å². The highest BCUT2D eigenvalue weighted by atomic mass is 16.2. The third-order valence-electron chi connectivity index (χ3n) is 2.32. The van der Waals surface area contributed by atoms with E-state index in [1.165, 1.54) is 4.57 Å². The lowest BCUT2D eigenvalue weighted by Crippen LogP contribution is -2.30. The highest BCUT2D eigenvalue weighted by Gasteiger charge is 2.28. The van der Waals surface area contributed by atoms with E-state index < -0.39 is 0 Å². The Balaban J connectivity index is 1.75. The van der Waals surface area contributed by atoms with E-state index in [4.69, 9.17) is 0 Å². The maximum atomic E-state index is 11.2. The standard InChI is InChI=1S/C9H13N3O2/c13-8(7-1-2-7)10-3-5-12-6-4-11-9(12)14/h4,6-7H,1-3,5H2,(H,10,13)(H,11,14). The molecule has 0 radical (unpaired) electrons. The summed E-state index contributed by atoms with van der Waals surface area (Å²) in [5.74, 6) is 0.353. The van der Waals surface area contributed by atoms with Crippen molar-refractivity contribution < 1.29 is 4.79 Å². The Morgan fingerprint density at radius 2 is 2.43 bits per heavy atom. The van der Waals surface area contributed by atoms with Crippen molar-refractivity contribution in [3.8, 4) is 0 Å². The average Bonchev–Trinajstić information content (AvgIpc) is 2.93. The van der Waals surface area contributed by atoms with Crippen LogP contribution >= 0.6 is 0 Å². The van der Waals surface area contributed by atoms with Gasteiger partial charge in [-0.25, -0.2) is 4.79 Å². The van der Waals surface area contributed by atoms with Crippen LogP contribution in [0.1, 0.15) is 12.8 Å². The Labute approximate surface area is 81.1 Å². The molecule has 0 bridgehead atoms. The van der Waals surface area contributed by atoms with Gasteiger partial charge < -0.3 is 10.3 Å². The van der Waals surface area contributed by atoms with Gasteiger partial charge in [0.15, 0.2) is 0 Å². The van der Waals surface area contributed by atoms with Gasteiger partial charge in [0.25, 0.3) is 0 Å². The van der Waals surface area contributed by atoms with E-state index in [2.05, 4.69) is 10.3 Å². The molecule has 0 spiro atoms. The van der Waals surface area contributed by atoms with Crippen molar-refractivity contribution in [3.05, 3.63) is 22.9 Å². The van der Waals surface area contributed by atoms with Crippen LogP contribution in [0.25, 0.3) is 0 Å². The van der Waals surface area contributed by atoms with E-state index in [1.54, 1.807) is 12.4 Å². The van der Waals surface area contributed by atoms with E-state index >= 15 is 0 Å². The SMILES string of the molecule is O=C(NCCn1cc[nH]c1=O)C1CC1. The van der Waals surface area contributed by atoms with Crippen molar-refractivity contribution in [2.24, 2.45) is 5.92 Å². The summed E-state index contributed by atoms with van der Waals surface area (Å²) in [6, 6.07) is 0. The lowest BCUT2D eigenvalue weighted by Gasteiger charge is -2.03. The van der Waals surface area contributed by atoms with E-state index in [0.29, 0.717) is 13.1 Å². The third kappa shape index (κ3) is 2.04. The fourth-order valence-corrected chi connectivity index (χ4v) is 1.31. The molecule has 1 amide bonds. The minimum Gasteiger partial charge on any atom is -0.354 e. The first kappa shape index (κ1) is 9.05. The number of imidazole rings is 1. The van der Waals surface area contributed by atoms with Crippen LogP contribution in [0.5, 0.6) is 0 Å². The van der Waals surface area contributed by atoms with Gasteiger partial charge in [-0.3, -0.25) is 9.36 Å². The van der Waals surface area contributed by atoms with Crippen LogP contribution in [-0.2, 0) is 11.3 Å². The zero-order valence-electron chi connectivity index (χ0n) is 7.82. The van der Waals surface area contributed by atoms with Crippen LogP contribution in [0, 0.1) is 5.92 Å². The normalized spacial score (nSPS) is 15.4. The number of aromatic amines is 1. The summed E-state index contributed by atoms with van der Waals surface area (Å²) in [5.41, 5.74) is -0.134. The number of hydrogen-bond acceptors (Lipinski definition) is 2. The van der Waals surface area contributed by atoms with Gasteiger partial charge in [-0.1, -0.05) is 0 Å². The monoisotopic (exact) mass is 195 g/mol. The van der Waals surface area contributed by atoms with Crippen LogP contribution in [0.4, 0.5) is 0 Å². The summed E-state index contributed by atoms with van der Waals surface area (Å²) >= 11 is 0. The van der Waals surface area contributed by atoms with Gasteiger partial charge in [-0.05, 0) is 12.8 Å². The number of nitrogens with one attached hydrogen (secondary N) is 2. The van der Waals surface area contributed by atoms with Crippen molar-refractivity contribution in [2.45, 2.75) is 19.4 Å². The average molecular weight is 195 g/mol. The molecule has 14 heavy (non-hydrogen) atoms. The zero-order valence-corrected chi connectivity index (χ0v) is 7.82. The van der Waals surface area contributed by atoms with Crippen LogP contribution in [0.2, 0.25) is 0 Å². The van der Waals surface area contributed by atoms with Crippen LogP contribution < -0.4 is 11.0 Å². The number of carbonyl (C=O) groups is 1. The van der Waals surface area contributed by atoms with Crippen LogP contribution in [0.15, 0.2) is 17.2 Å².